The van der Waals surface area contributed by atoms with Gasteiger partial charge in [-0.3, -0.25) is 18.6 Å². The number of nitrogens with two attached hydrogens (primary N) is 1. The third-order valence-corrected chi connectivity index (χ3v) is 15.0. The summed E-state index contributed by atoms with van der Waals surface area (Å²) in [5.41, 5.74) is 5.40. The van der Waals surface area contributed by atoms with E-state index in [1.54, 1.807) is 0 Å². The lowest BCUT2D eigenvalue weighted by atomic mass is 10.0. The van der Waals surface area contributed by atoms with E-state index >= 15 is 0 Å². The lowest BCUT2D eigenvalue weighted by Gasteiger charge is -2.19. The summed E-state index contributed by atoms with van der Waals surface area (Å²) < 4.78 is 33.1. The lowest BCUT2D eigenvalue weighted by molar-refractivity contribution is -0.161. The Kier molecular flexibility index (Phi) is 64.2. The Bertz CT molecular complexity index is 1820. The Morgan fingerprint density at radius 1 is 0.361 bits per heavy atom. The maximum atomic E-state index is 12.7. The number of phosphoric acid groups is 1. The largest absolute Gasteiger partial charge is 0.472 e. The average molecular weight is 1170 g/mol. The molecule has 474 valence electrons. The van der Waals surface area contributed by atoms with Crippen LogP contribution in [-0.2, 0) is 32.7 Å². The Labute approximate surface area is 510 Å². The van der Waals surface area contributed by atoms with Gasteiger partial charge in [0.25, 0.3) is 0 Å². The first kappa shape index (κ1) is 79.2. The minimum Gasteiger partial charge on any atom is -0.462 e. The van der Waals surface area contributed by atoms with Crippen molar-refractivity contribution in [2.24, 2.45) is 5.73 Å². The molecule has 0 heterocycles. The fourth-order valence-electron chi connectivity index (χ4n) is 9.14. The quantitative estimate of drug-likeness (QED) is 0.0264. The van der Waals surface area contributed by atoms with Crippen LogP contribution in [0.5, 0.6) is 0 Å². The molecule has 0 radical (unpaired) electrons. The van der Waals surface area contributed by atoms with E-state index in [1.165, 1.54) is 128 Å². The molecule has 0 fully saturated rings. The number of esters is 2. The molecule has 3 N–H and O–H groups in total. The van der Waals surface area contributed by atoms with Gasteiger partial charge in [-0.05, 0) is 109 Å². The predicted octanol–water partition coefficient (Wildman–Crippen LogP) is 22.1. The zero-order valence-corrected chi connectivity index (χ0v) is 54.0. The third-order valence-electron chi connectivity index (χ3n) is 14.0. The van der Waals surface area contributed by atoms with Crippen LogP contribution in [0.1, 0.15) is 284 Å². The summed E-state index contributed by atoms with van der Waals surface area (Å²) in [7, 11) is -4.41. The van der Waals surface area contributed by atoms with Crippen molar-refractivity contribution in [3.05, 3.63) is 134 Å². The van der Waals surface area contributed by atoms with Crippen molar-refractivity contribution in [2.45, 2.75) is 290 Å². The highest BCUT2D eigenvalue weighted by molar-refractivity contribution is 7.47. The van der Waals surface area contributed by atoms with Crippen LogP contribution in [0, 0.1) is 0 Å². The van der Waals surface area contributed by atoms with E-state index in [0.29, 0.717) is 6.42 Å². The molecule has 83 heavy (non-hydrogen) atoms. The van der Waals surface area contributed by atoms with Crippen LogP contribution in [-0.4, -0.2) is 49.3 Å². The van der Waals surface area contributed by atoms with Crippen molar-refractivity contribution in [1.29, 1.82) is 0 Å². The van der Waals surface area contributed by atoms with E-state index < -0.39 is 26.5 Å². The second kappa shape index (κ2) is 67.3. The van der Waals surface area contributed by atoms with Crippen LogP contribution in [0.25, 0.3) is 0 Å². The van der Waals surface area contributed by atoms with Crippen LogP contribution in [0.15, 0.2) is 134 Å². The first-order valence-corrected chi connectivity index (χ1v) is 35.2. The van der Waals surface area contributed by atoms with Gasteiger partial charge in [0.15, 0.2) is 6.10 Å². The van der Waals surface area contributed by atoms with Gasteiger partial charge >= 0.3 is 19.8 Å². The van der Waals surface area contributed by atoms with E-state index in [1.807, 2.05) is 0 Å². The van der Waals surface area contributed by atoms with E-state index in [2.05, 4.69) is 148 Å². The molecule has 9 nitrogen and oxygen atoms in total. The second-order valence-electron chi connectivity index (χ2n) is 21.9. The van der Waals surface area contributed by atoms with E-state index in [-0.39, 0.29) is 38.6 Å². The van der Waals surface area contributed by atoms with Crippen LogP contribution < -0.4 is 5.73 Å². The topological polar surface area (TPSA) is 134 Å². The van der Waals surface area contributed by atoms with Crippen molar-refractivity contribution in [3.8, 4) is 0 Å². The Morgan fingerprint density at radius 3 is 0.928 bits per heavy atom. The molecule has 0 bridgehead atoms. The summed E-state index contributed by atoms with van der Waals surface area (Å²) in [6, 6.07) is 0. The summed E-state index contributed by atoms with van der Waals surface area (Å²) in [5, 5.41) is 0. The Balaban J connectivity index is 3.92. The highest BCUT2D eigenvalue weighted by atomic mass is 31.2. The maximum absolute atomic E-state index is 12.7. The van der Waals surface area contributed by atoms with Gasteiger partial charge in [-0.15, -0.1) is 0 Å². The predicted molar refractivity (Wildman–Crippen MR) is 357 cm³/mol. The summed E-state index contributed by atoms with van der Waals surface area (Å²) >= 11 is 0. The van der Waals surface area contributed by atoms with Gasteiger partial charge in [0.1, 0.15) is 6.61 Å². The summed E-state index contributed by atoms with van der Waals surface area (Å²) in [5.74, 6) is -0.849. The van der Waals surface area contributed by atoms with E-state index in [0.717, 1.165) is 122 Å². The van der Waals surface area contributed by atoms with Gasteiger partial charge in [-0.2, -0.15) is 0 Å². The van der Waals surface area contributed by atoms with E-state index in [9.17, 15) is 19.0 Å². The molecule has 0 rings (SSSR count). The van der Waals surface area contributed by atoms with Gasteiger partial charge in [-0.25, -0.2) is 4.57 Å². The molecule has 0 aromatic carbocycles. The van der Waals surface area contributed by atoms with Crippen molar-refractivity contribution in [2.75, 3.05) is 26.4 Å². The zero-order valence-electron chi connectivity index (χ0n) is 53.1. The summed E-state index contributed by atoms with van der Waals surface area (Å²) in [4.78, 5) is 35.3. The van der Waals surface area contributed by atoms with Gasteiger partial charge in [0, 0.05) is 19.4 Å². The molecule has 0 aliphatic heterocycles. The minimum atomic E-state index is -4.41. The summed E-state index contributed by atoms with van der Waals surface area (Å²) in [6.45, 7) is 3.51. The molecule has 0 amide bonds. The molecule has 0 saturated carbocycles. The van der Waals surface area contributed by atoms with Crippen molar-refractivity contribution < 1.29 is 37.6 Å². The van der Waals surface area contributed by atoms with Crippen molar-refractivity contribution >= 4 is 19.8 Å². The monoisotopic (exact) mass is 1170 g/mol. The first-order valence-electron chi connectivity index (χ1n) is 33.7. The van der Waals surface area contributed by atoms with Crippen molar-refractivity contribution in [1.82, 2.24) is 0 Å². The SMILES string of the molecule is CC/C=C\C/C=C\C/C=C\C/C=C\C/C=C\C/C=C\C/C=C\CCCCCCCC(=O)OC(COC(=O)CCCCCCCCCCCCCCCCCCCCCCCC/C=C\C/C=C\C/C=C\C/C=C\CC)COP(=O)(O)OCCN. The number of rotatable bonds is 62. The Hall–Kier alpha value is -3.85. The van der Waals surface area contributed by atoms with Crippen LogP contribution >= 0.6 is 7.82 Å². The first-order chi connectivity index (χ1) is 40.8. The molecule has 2 unspecified atom stereocenters. The van der Waals surface area contributed by atoms with Gasteiger partial charge < -0.3 is 20.1 Å². The second-order valence-corrected chi connectivity index (χ2v) is 23.4. The Morgan fingerprint density at radius 2 is 0.627 bits per heavy atom. The minimum absolute atomic E-state index is 0.0445. The standard InChI is InChI=1S/C73H124NO8P/c1-3-5-7-9-11-13-15-17-19-21-23-25-27-29-31-32-33-34-35-36-37-38-40-41-43-45-47-49-51-53-55-57-59-61-63-65-72(75)79-69-71(70-81-83(77,78)80-68-67-74)82-73(76)66-64-62-60-58-56-54-52-50-48-46-44-42-39-30-28-26-24-22-20-18-16-14-12-10-8-6-4-2/h5-8,11-14,17-20,23-26,30,39,44,46,50,52,71H,3-4,9-10,15-16,21-22,27-29,31-38,40-43,45,47-49,51,53-70,74H2,1-2H3,(H,77,78)/b7-5-,8-6-,13-11-,14-12-,19-17-,20-18-,25-23-,26-24-,39-30-,46-44-,52-50-. The van der Waals surface area contributed by atoms with Crippen LogP contribution in [0.3, 0.4) is 0 Å². The molecule has 10 heteroatoms. The number of carbonyl (C=O) groups is 2. The molecule has 0 spiro atoms. The summed E-state index contributed by atoms with van der Waals surface area (Å²) in [6.07, 6.45) is 95.4. The number of phosphoric ester groups is 1. The van der Waals surface area contributed by atoms with E-state index in [4.69, 9.17) is 24.3 Å². The lowest BCUT2D eigenvalue weighted by Crippen LogP contribution is -2.29. The molecule has 0 aromatic rings. The fraction of sp³-hybridized carbons (Fsp3) is 0.671. The normalized spacial score (nSPS) is 13.8. The van der Waals surface area contributed by atoms with Crippen LogP contribution in [0.2, 0.25) is 0 Å². The fourth-order valence-corrected chi connectivity index (χ4v) is 9.90. The molecular weight excluding hydrogens is 1050 g/mol. The number of hydrogen-bond acceptors (Lipinski definition) is 8. The number of hydrogen-bond donors (Lipinski definition) is 2. The molecule has 0 aliphatic rings. The number of allylic oxidation sites excluding steroid dienone is 22. The molecular formula is C73H124NO8P. The zero-order chi connectivity index (χ0) is 60.1. The average Bonchev–Trinajstić information content (AvgIpc) is 3.48. The maximum Gasteiger partial charge on any atom is 0.472 e. The van der Waals surface area contributed by atoms with Gasteiger partial charge in [-0.1, -0.05) is 295 Å². The number of unbranched alkanes of at least 4 members (excludes halogenated alkanes) is 27. The highest BCUT2D eigenvalue weighted by Crippen LogP contribution is 2.43. The third kappa shape index (κ3) is 67.2. The number of ether oxygens (including phenoxy) is 2. The molecule has 0 aromatic heterocycles. The number of carbonyl (C=O) groups excluding carboxylic acids is 2. The van der Waals surface area contributed by atoms with Gasteiger partial charge in [0.2, 0.25) is 0 Å². The van der Waals surface area contributed by atoms with Gasteiger partial charge in [0.05, 0.1) is 13.2 Å². The highest BCUT2D eigenvalue weighted by Gasteiger charge is 2.26. The molecule has 0 saturated heterocycles. The molecule has 0 aliphatic carbocycles. The van der Waals surface area contributed by atoms with Crippen LogP contribution in [0.4, 0.5) is 0 Å². The molecule has 2 atom stereocenters. The van der Waals surface area contributed by atoms with Crippen molar-refractivity contribution in [3.63, 3.8) is 0 Å². The smallest absolute Gasteiger partial charge is 0.462 e.